The third kappa shape index (κ3) is 4.67. The van der Waals surface area contributed by atoms with Crippen LogP contribution in [-0.2, 0) is 22.1 Å². The third-order valence-electron chi connectivity index (χ3n) is 2.29. The molecule has 0 aliphatic carbocycles. The summed E-state index contributed by atoms with van der Waals surface area (Å²) >= 11 is 0. The van der Waals surface area contributed by atoms with Crippen molar-refractivity contribution in [2.45, 2.75) is 19.0 Å². The molecule has 0 amide bonds. The Kier molecular flexibility index (Phi) is 5.09. The number of hydrogen-bond donors (Lipinski definition) is 0. The second-order valence-electron chi connectivity index (χ2n) is 3.78. The highest BCUT2D eigenvalue weighted by Gasteiger charge is 2.42. The van der Waals surface area contributed by atoms with Gasteiger partial charge in [0.05, 0.1) is 26.3 Å². The highest BCUT2D eigenvalue weighted by molar-refractivity contribution is 5.72. The van der Waals surface area contributed by atoms with Crippen LogP contribution in [0.2, 0.25) is 0 Å². The lowest BCUT2D eigenvalue weighted by Crippen LogP contribution is -2.23. The molecule has 11 heteroatoms. The minimum atomic E-state index is -5.37. The smallest absolute Gasteiger partial charge is 0.481 e. The van der Waals surface area contributed by atoms with E-state index < -0.39 is 47.8 Å². The van der Waals surface area contributed by atoms with Gasteiger partial charge in [0.15, 0.2) is 0 Å². The molecule has 1 aromatic heterocycles. The fraction of sp³-hybridized carbons (Fsp3) is 0.455. The number of esters is 1. The summed E-state index contributed by atoms with van der Waals surface area (Å²) in [6.45, 7) is 0. The molecule has 124 valence electrons. The molecule has 5 nitrogen and oxygen atoms in total. The van der Waals surface area contributed by atoms with Gasteiger partial charge in [-0.25, -0.2) is 4.98 Å². The number of alkyl halides is 6. The van der Waals surface area contributed by atoms with Crippen molar-refractivity contribution in [2.75, 3.05) is 14.2 Å². The summed E-state index contributed by atoms with van der Waals surface area (Å²) in [5.41, 5.74) is -2.83. The average Bonchev–Trinajstić information content (AvgIpc) is 2.34. The number of rotatable bonds is 4. The zero-order chi connectivity index (χ0) is 17.1. The number of hydrogen-bond acceptors (Lipinski definition) is 5. The van der Waals surface area contributed by atoms with E-state index in [1.54, 1.807) is 0 Å². The van der Waals surface area contributed by atoms with Crippen molar-refractivity contribution in [3.63, 3.8) is 0 Å². The topological polar surface area (TPSA) is 57.7 Å². The fourth-order valence-corrected chi connectivity index (χ4v) is 1.50. The van der Waals surface area contributed by atoms with Crippen LogP contribution >= 0.6 is 0 Å². The van der Waals surface area contributed by atoms with E-state index >= 15 is 0 Å². The van der Waals surface area contributed by atoms with Gasteiger partial charge in [-0.2, -0.15) is 13.2 Å². The first kappa shape index (κ1) is 17.9. The fourth-order valence-electron chi connectivity index (χ4n) is 1.50. The van der Waals surface area contributed by atoms with Crippen LogP contribution in [0.25, 0.3) is 0 Å². The number of methoxy groups -OCH3 is 2. The van der Waals surface area contributed by atoms with Crippen molar-refractivity contribution >= 4 is 5.97 Å². The molecule has 1 heterocycles. The maximum Gasteiger partial charge on any atom is 0.573 e. The van der Waals surface area contributed by atoms with Crippen LogP contribution in [-0.4, -0.2) is 31.5 Å². The van der Waals surface area contributed by atoms with E-state index in [1.165, 1.54) is 0 Å². The van der Waals surface area contributed by atoms with E-state index in [0.29, 0.717) is 6.07 Å². The molecule has 22 heavy (non-hydrogen) atoms. The maximum absolute atomic E-state index is 13.0. The van der Waals surface area contributed by atoms with Gasteiger partial charge in [-0.3, -0.25) is 4.79 Å². The van der Waals surface area contributed by atoms with Crippen LogP contribution in [0.1, 0.15) is 11.3 Å². The number of carbonyl (C=O) groups is 1. The molecule has 0 saturated carbocycles. The SMILES string of the molecule is COC(=O)Cc1nc(OC)cc(OC(F)(F)F)c1C(F)(F)F. The molecule has 0 atom stereocenters. The van der Waals surface area contributed by atoms with E-state index in [9.17, 15) is 31.1 Å². The zero-order valence-electron chi connectivity index (χ0n) is 11.1. The molecule has 0 aromatic carbocycles. The number of ether oxygens (including phenoxy) is 3. The molecular formula is C11H9F6NO4. The largest absolute Gasteiger partial charge is 0.573 e. The first-order chi connectivity index (χ1) is 9.97. The van der Waals surface area contributed by atoms with E-state index in [1.807, 2.05) is 0 Å². The van der Waals surface area contributed by atoms with Crippen LogP contribution in [0.5, 0.6) is 11.6 Å². The van der Waals surface area contributed by atoms with Gasteiger partial charge in [-0.15, -0.1) is 13.2 Å². The number of carbonyl (C=O) groups excluding carboxylic acids is 1. The Morgan fingerprint density at radius 2 is 1.77 bits per heavy atom. The van der Waals surface area contributed by atoms with E-state index in [4.69, 9.17) is 0 Å². The number of pyridine rings is 1. The van der Waals surface area contributed by atoms with Crippen LogP contribution in [0.15, 0.2) is 6.07 Å². The van der Waals surface area contributed by atoms with Crippen molar-refractivity contribution in [1.82, 2.24) is 4.98 Å². The van der Waals surface area contributed by atoms with Crippen LogP contribution in [0, 0.1) is 0 Å². The van der Waals surface area contributed by atoms with Gasteiger partial charge in [0.1, 0.15) is 11.3 Å². The summed E-state index contributed by atoms with van der Waals surface area (Å²) in [6, 6.07) is 0.330. The number of halogens is 6. The lowest BCUT2D eigenvalue weighted by atomic mass is 10.1. The minimum Gasteiger partial charge on any atom is -0.481 e. The van der Waals surface area contributed by atoms with Gasteiger partial charge < -0.3 is 14.2 Å². The molecular weight excluding hydrogens is 324 g/mol. The quantitative estimate of drug-likeness (QED) is 0.626. The van der Waals surface area contributed by atoms with Crippen LogP contribution in [0.4, 0.5) is 26.3 Å². The average molecular weight is 333 g/mol. The second-order valence-corrected chi connectivity index (χ2v) is 3.78. The van der Waals surface area contributed by atoms with Crippen molar-refractivity contribution < 1.29 is 45.3 Å². The van der Waals surface area contributed by atoms with Gasteiger partial charge in [0.25, 0.3) is 0 Å². The first-order valence-electron chi connectivity index (χ1n) is 5.45. The Morgan fingerprint density at radius 1 is 1.18 bits per heavy atom. The van der Waals surface area contributed by atoms with Gasteiger partial charge in [-0.1, -0.05) is 0 Å². The van der Waals surface area contributed by atoms with Gasteiger partial charge >= 0.3 is 18.5 Å². The molecule has 0 saturated heterocycles. The zero-order valence-corrected chi connectivity index (χ0v) is 11.1. The minimum absolute atomic E-state index is 0.330. The summed E-state index contributed by atoms with van der Waals surface area (Å²) in [6.07, 6.45) is -11.6. The molecule has 0 fully saturated rings. The van der Waals surface area contributed by atoms with Crippen LogP contribution < -0.4 is 9.47 Å². The van der Waals surface area contributed by atoms with Crippen molar-refractivity contribution in [1.29, 1.82) is 0 Å². The molecule has 0 radical (unpaired) electrons. The summed E-state index contributed by atoms with van der Waals surface area (Å²) in [5.74, 6) is -3.26. The van der Waals surface area contributed by atoms with Crippen molar-refractivity contribution in [3.8, 4) is 11.6 Å². The van der Waals surface area contributed by atoms with Crippen molar-refractivity contribution in [3.05, 3.63) is 17.3 Å². The van der Waals surface area contributed by atoms with Crippen molar-refractivity contribution in [2.24, 2.45) is 0 Å². The summed E-state index contributed by atoms with van der Waals surface area (Å²) < 4.78 is 87.8. The maximum atomic E-state index is 13.0. The third-order valence-corrected chi connectivity index (χ3v) is 2.29. The van der Waals surface area contributed by atoms with Gasteiger partial charge in [-0.05, 0) is 0 Å². The standard InChI is InChI=1S/C11H9F6NO4/c1-20-7-4-6(22-11(15,16)17)9(10(12,13)14)5(18-7)3-8(19)21-2/h4H,3H2,1-2H3. The van der Waals surface area contributed by atoms with E-state index in [2.05, 4.69) is 19.2 Å². The Morgan fingerprint density at radius 3 is 2.18 bits per heavy atom. The van der Waals surface area contributed by atoms with Gasteiger partial charge in [0, 0.05) is 6.07 Å². The normalized spacial score (nSPS) is 12.0. The molecule has 1 rings (SSSR count). The Hall–Kier alpha value is -2.20. The Labute approximate surface area is 119 Å². The molecule has 0 aliphatic rings. The highest BCUT2D eigenvalue weighted by atomic mass is 19.4. The summed E-state index contributed by atoms with van der Waals surface area (Å²) in [7, 11) is 1.89. The summed E-state index contributed by atoms with van der Waals surface area (Å²) in [5, 5.41) is 0. The molecule has 0 spiro atoms. The second kappa shape index (κ2) is 6.28. The number of nitrogens with zero attached hydrogens (tertiary/aromatic N) is 1. The van der Waals surface area contributed by atoms with Crippen LogP contribution in [0.3, 0.4) is 0 Å². The molecule has 0 N–H and O–H groups in total. The predicted molar refractivity (Wildman–Crippen MR) is 58.2 cm³/mol. The lowest BCUT2D eigenvalue weighted by Gasteiger charge is -2.18. The first-order valence-corrected chi connectivity index (χ1v) is 5.45. The monoisotopic (exact) mass is 333 g/mol. The molecule has 1 aromatic rings. The molecule has 0 unspecified atom stereocenters. The lowest BCUT2D eigenvalue weighted by molar-refractivity contribution is -0.276. The number of aromatic nitrogens is 1. The van der Waals surface area contributed by atoms with Gasteiger partial charge in [0.2, 0.25) is 5.88 Å². The highest BCUT2D eigenvalue weighted by Crippen LogP contribution is 2.41. The van der Waals surface area contributed by atoms with E-state index in [0.717, 1.165) is 14.2 Å². The summed E-state index contributed by atoms with van der Waals surface area (Å²) in [4.78, 5) is 14.5. The Balaban J connectivity index is 3.51. The predicted octanol–water partition coefficient (Wildman–Crippen LogP) is 2.72. The van der Waals surface area contributed by atoms with E-state index in [-0.39, 0.29) is 0 Å². The Bertz CT molecular complexity index is 555. The molecule has 0 bridgehead atoms. The molecule has 0 aliphatic heterocycles.